The number of fused-ring (bicyclic) bond motifs is 1. The molecule has 0 unspecified atom stereocenters. The molecule has 12 heteroatoms. The SMILES string of the molecule is O=C(CSc1nc2ccccc2c(=O)n1-c1ccc(F)cc1F)Nc1ccc(F)c([N+](=O)[O-])c1. The number of amides is 1. The van der Waals surface area contributed by atoms with E-state index >= 15 is 0 Å². The van der Waals surface area contributed by atoms with E-state index in [9.17, 15) is 32.9 Å². The Balaban J connectivity index is 1.66. The smallest absolute Gasteiger partial charge is 0.306 e. The van der Waals surface area contributed by atoms with Crippen molar-refractivity contribution in [3.8, 4) is 5.69 Å². The van der Waals surface area contributed by atoms with Crippen LogP contribution in [0.1, 0.15) is 0 Å². The molecule has 0 spiro atoms. The highest BCUT2D eigenvalue weighted by Gasteiger charge is 2.19. The van der Waals surface area contributed by atoms with Crippen molar-refractivity contribution in [1.82, 2.24) is 9.55 Å². The number of hydrogen-bond donors (Lipinski definition) is 1. The first-order chi connectivity index (χ1) is 16.2. The third-order valence-corrected chi connectivity index (χ3v) is 5.59. The summed E-state index contributed by atoms with van der Waals surface area (Å²) in [4.78, 5) is 39.8. The number of nitrogens with one attached hydrogen (secondary N) is 1. The number of carbonyl (C=O) groups excluding carboxylic acids is 1. The first-order valence-electron chi connectivity index (χ1n) is 9.58. The summed E-state index contributed by atoms with van der Waals surface area (Å²) in [5, 5.41) is 13.4. The number of anilines is 1. The van der Waals surface area contributed by atoms with Gasteiger partial charge in [-0.2, -0.15) is 4.39 Å². The Morgan fingerprint density at radius 3 is 2.56 bits per heavy atom. The van der Waals surface area contributed by atoms with Gasteiger partial charge >= 0.3 is 5.69 Å². The summed E-state index contributed by atoms with van der Waals surface area (Å²) in [6, 6.07) is 11.9. The summed E-state index contributed by atoms with van der Waals surface area (Å²) in [6.07, 6.45) is 0. The highest BCUT2D eigenvalue weighted by atomic mass is 32.2. The molecule has 0 saturated carbocycles. The number of nitro benzene ring substituents is 1. The van der Waals surface area contributed by atoms with Crippen LogP contribution in [-0.2, 0) is 4.79 Å². The molecule has 0 radical (unpaired) electrons. The van der Waals surface area contributed by atoms with Gasteiger partial charge in [-0.15, -0.1) is 0 Å². The Kier molecular flexibility index (Phi) is 6.32. The van der Waals surface area contributed by atoms with Crippen LogP contribution in [0.3, 0.4) is 0 Å². The van der Waals surface area contributed by atoms with Gasteiger partial charge in [-0.25, -0.2) is 13.8 Å². The average molecular weight is 486 g/mol. The second-order valence-corrected chi connectivity index (χ2v) is 7.85. The van der Waals surface area contributed by atoms with E-state index in [1.807, 2.05) is 0 Å². The van der Waals surface area contributed by atoms with Crippen molar-refractivity contribution >= 4 is 39.9 Å². The second-order valence-electron chi connectivity index (χ2n) is 6.91. The first-order valence-corrected chi connectivity index (χ1v) is 10.6. The highest BCUT2D eigenvalue weighted by molar-refractivity contribution is 7.99. The molecular weight excluding hydrogens is 473 g/mol. The van der Waals surface area contributed by atoms with Crippen LogP contribution in [0.4, 0.5) is 24.5 Å². The Morgan fingerprint density at radius 1 is 1.06 bits per heavy atom. The molecule has 1 aromatic heterocycles. The molecule has 1 amide bonds. The number of thioether (sulfide) groups is 1. The molecule has 172 valence electrons. The summed E-state index contributed by atoms with van der Waals surface area (Å²) in [5.41, 5.74) is -1.37. The van der Waals surface area contributed by atoms with Crippen molar-refractivity contribution in [2.75, 3.05) is 11.1 Å². The lowest BCUT2D eigenvalue weighted by Crippen LogP contribution is -2.23. The maximum Gasteiger partial charge on any atom is 0.306 e. The molecule has 8 nitrogen and oxygen atoms in total. The Bertz CT molecular complexity index is 1510. The van der Waals surface area contributed by atoms with Gasteiger partial charge < -0.3 is 5.32 Å². The number of para-hydroxylation sites is 1. The average Bonchev–Trinajstić information content (AvgIpc) is 2.80. The number of rotatable bonds is 6. The normalized spacial score (nSPS) is 10.9. The maximum atomic E-state index is 14.5. The van der Waals surface area contributed by atoms with Crippen LogP contribution in [-0.4, -0.2) is 26.1 Å². The van der Waals surface area contributed by atoms with Gasteiger partial charge in [0.1, 0.15) is 11.6 Å². The van der Waals surface area contributed by atoms with Crippen LogP contribution in [0.15, 0.2) is 70.6 Å². The topological polar surface area (TPSA) is 107 Å². The van der Waals surface area contributed by atoms with Gasteiger partial charge in [0.15, 0.2) is 5.16 Å². The lowest BCUT2D eigenvalue weighted by Gasteiger charge is -2.14. The van der Waals surface area contributed by atoms with E-state index in [1.165, 1.54) is 6.07 Å². The lowest BCUT2D eigenvalue weighted by atomic mass is 10.2. The fraction of sp³-hybridized carbons (Fsp3) is 0.0455. The number of benzene rings is 3. The predicted molar refractivity (Wildman–Crippen MR) is 120 cm³/mol. The highest BCUT2D eigenvalue weighted by Crippen LogP contribution is 2.25. The maximum absolute atomic E-state index is 14.5. The summed E-state index contributed by atoms with van der Waals surface area (Å²) in [7, 11) is 0. The van der Waals surface area contributed by atoms with Crippen LogP contribution >= 0.6 is 11.8 Å². The number of nitro groups is 1. The van der Waals surface area contributed by atoms with Gasteiger partial charge in [0.05, 0.1) is 27.3 Å². The van der Waals surface area contributed by atoms with E-state index < -0.39 is 39.5 Å². The van der Waals surface area contributed by atoms with Crippen LogP contribution < -0.4 is 10.9 Å². The van der Waals surface area contributed by atoms with Crippen LogP contribution in [0.25, 0.3) is 16.6 Å². The summed E-state index contributed by atoms with van der Waals surface area (Å²) >= 11 is 0.796. The van der Waals surface area contributed by atoms with Crippen LogP contribution in [0.5, 0.6) is 0 Å². The van der Waals surface area contributed by atoms with Gasteiger partial charge in [-0.05, 0) is 36.4 Å². The molecule has 0 aliphatic heterocycles. The predicted octanol–water partition coefficient (Wildman–Crippen LogP) is 4.44. The van der Waals surface area contributed by atoms with E-state index in [0.29, 0.717) is 11.6 Å². The fourth-order valence-corrected chi connectivity index (χ4v) is 3.95. The number of halogens is 3. The van der Waals surface area contributed by atoms with Crippen LogP contribution in [0.2, 0.25) is 0 Å². The summed E-state index contributed by atoms with van der Waals surface area (Å²) in [5.74, 6) is -3.84. The molecule has 3 aromatic carbocycles. The molecular formula is C22H13F3N4O4S. The van der Waals surface area contributed by atoms with Gasteiger partial charge in [0, 0.05) is 17.8 Å². The number of aromatic nitrogens is 2. The molecule has 0 aliphatic carbocycles. The first kappa shape index (κ1) is 23.0. The molecule has 0 bridgehead atoms. The summed E-state index contributed by atoms with van der Waals surface area (Å²) in [6.45, 7) is 0. The van der Waals surface area contributed by atoms with Gasteiger partial charge in [0.2, 0.25) is 11.7 Å². The van der Waals surface area contributed by atoms with Crippen molar-refractivity contribution in [2.24, 2.45) is 0 Å². The minimum absolute atomic E-state index is 0.00728. The fourth-order valence-electron chi connectivity index (χ4n) is 3.14. The van der Waals surface area contributed by atoms with Crippen molar-refractivity contribution in [2.45, 2.75) is 5.16 Å². The van der Waals surface area contributed by atoms with E-state index in [1.54, 1.807) is 18.2 Å². The van der Waals surface area contributed by atoms with Gasteiger partial charge in [-0.1, -0.05) is 23.9 Å². The minimum Gasteiger partial charge on any atom is -0.325 e. The summed E-state index contributed by atoms with van der Waals surface area (Å²) < 4.78 is 42.4. The molecule has 1 heterocycles. The standard InChI is InChI=1S/C22H13F3N4O4S/c23-12-5-8-18(16(25)9-12)28-21(31)14-3-1-2-4-17(14)27-22(28)34-11-20(30)26-13-6-7-15(24)19(10-13)29(32)33/h1-10H,11H2,(H,26,30). The number of carbonyl (C=O) groups is 1. The van der Waals surface area contributed by atoms with Crippen molar-refractivity contribution in [1.29, 1.82) is 0 Å². The molecule has 34 heavy (non-hydrogen) atoms. The molecule has 0 fully saturated rings. The van der Waals surface area contributed by atoms with Crippen molar-refractivity contribution in [3.05, 3.63) is 98.6 Å². The van der Waals surface area contributed by atoms with E-state index in [-0.39, 0.29) is 27.7 Å². The molecule has 0 saturated heterocycles. The minimum atomic E-state index is -1.05. The van der Waals surface area contributed by atoms with Gasteiger partial charge in [-0.3, -0.25) is 24.3 Å². The third-order valence-electron chi connectivity index (χ3n) is 4.65. The molecule has 4 rings (SSSR count). The Labute approximate surface area is 193 Å². The largest absolute Gasteiger partial charge is 0.325 e. The van der Waals surface area contributed by atoms with E-state index in [4.69, 9.17) is 0 Å². The van der Waals surface area contributed by atoms with Crippen molar-refractivity contribution in [3.63, 3.8) is 0 Å². The zero-order chi connectivity index (χ0) is 24.4. The molecule has 1 N–H and O–H groups in total. The quantitative estimate of drug-likeness (QED) is 0.187. The number of hydrogen-bond acceptors (Lipinski definition) is 6. The van der Waals surface area contributed by atoms with E-state index in [2.05, 4.69) is 10.3 Å². The second kappa shape index (κ2) is 9.35. The third kappa shape index (κ3) is 4.62. The molecule has 4 aromatic rings. The molecule has 0 atom stereocenters. The Morgan fingerprint density at radius 2 is 1.82 bits per heavy atom. The zero-order valence-corrected chi connectivity index (χ0v) is 17.8. The zero-order valence-electron chi connectivity index (χ0n) is 17.0. The van der Waals surface area contributed by atoms with Gasteiger partial charge in [0.25, 0.3) is 5.56 Å². The number of nitrogens with zero attached hydrogens (tertiary/aromatic N) is 3. The monoisotopic (exact) mass is 486 g/mol. The lowest BCUT2D eigenvalue weighted by molar-refractivity contribution is -0.387. The van der Waals surface area contributed by atoms with Crippen molar-refractivity contribution < 1.29 is 22.9 Å². The van der Waals surface area contributed by atoms with E-state index in [0.717, 1.165) is 46.7 Å². The Hall–Kier alpha value is -4.19. The van der Waals surface area contributed by atoms with Crippen LogP contribution in [0, 0.1) is 27.6 Å². The molecule has 0 aliphatic rings.